The Balaban J connectivity index is 1.74. The number of carbonyl (C=O) groups excluding carboxylic acids is 2. The number of thioether (sulfide) groups is 1. The predicted octanol–water partition coefficient (Wildman–Crippen LogP) is 3.85. The summed E-state index contributed by atoms with van der Waals surface area (Å²) in [4.78, 5) is 25.5. The second kappa shape index (κ2) is 8.49. The van der Waals surface area contributed by atoms with Crippen molar-refractivity contribution in [2.75, 3.05) is 18.8 Å². The normalized spacial score (nSPS) is 13.6. The van der Waals surface area contributed by atoms with Crippen molar-refractivity contribution in [3.8, 4) is 17.1 Å². The van der Waals surface area contributed by atoms with Gasteiger partial charge in [0.2, 0.25) is 5.91 Å². The summed E-state index contributed by atoms with van der Waals surface area (Å²) in [7, 11) is 0. The maximum absolute atomic E-state index is 12.5. The van der Waals surface area contributed by atoms with E-state index in [-0.39, 0.29) is 17.7 Å². The fourth-order valence-corrected chi connectivity index (χ4v) is 4.31. The number of nitrogens with one attached hydrogen (secondary N) is 1. The molecule has 4 rings (SSSR count). The van der Waals surface area contributed by atoms with Crippen molar-refractivity contribution in [1.29, 1.82) is 0 Å². The SMILES string of the molecule is Cc1ccc(C)c(-n2c(SCC(=O)N3CCNC3=O)nnc2-c2ccccc2Cl)c1. The Labute approximate surface area is 183 Å². The number of aromatic nitrogens is 3. The maximum Gasteiger partial charge on any atom is 0.324 e. The highest BCUT2D eigenvalue weighted by molar-refractivity contribution is 7.99. The summed E-state index contributed by atoms with van der Waals surface area (Å²) < 4.78 is 1.92. The van der Waals surface area contributed by atoms with Crippen molar-refractivity contribution < 1.29 is 9.59 Å². The van der Waals surface area contributed by atoms with Crippen LogP contribution in [0, 0.1) is 13.8 Å². The van der Waals surface area contributed by atoms with E-state index in [0.717, 1.165) is 22.4 Å². The molecular formula is C21H20ClN5O2S. The lowest BCUT2D eigenvalue weighted by atomic mass is 10.1. The van der Waals surface area contributed by atoms with Gasteiger partial charge >= 0.3 is 6.03 Å². The molecule has 1 aromatic heterocycles. The largest absolute Gasteiger partial charge is 0.336 e. The van der Waals surface area contributed by atoms with Gasteiger partial charge in [0.25, 0.3) is 0 Å². The topological polar surface area (TPSA) is 80.1 Å². The molecule has 1 fully saturated rings. The lowest BCUT2D eigenvalue weighted by Gasteiger charge is -2.15. The van der Waals surface area contributed by atoms with Crippen LogP contribution in [0.3, 0.4) is 0 Å². The van der Waals surface area contributed by atoms with E-state index in [1.54, 1.807) is 6.07 Å². The predicted molar refractivity (Wildman–Crippen MR) is 117 cm³/mol. The van der Waals surface area contributed by atoms with Crippen LogP contribution in [0.15, 0.2) is 47.6 Å². The van der Waals surface area contributed by atoms with Crippen molar-refractivity contribution in [2.24, 2.45) is 0 Å². The zero-order valence-corrected chi connectivity index (χ0v) is 18.1. The minimum Gasteiger partial charge on any atom is -0.336 e. The number of hydrogen-bond donors (Lipinski definition) is 1. The lowest BCUT2D eigenvalue weighted by Crippen LogP contribution is -2.35. The molecule has 7 nitrogen and oxygen atoms in total. The zero-order chi connectivity index (χ0) is 21.3. The van der Waals surface area contributed by atoms with Crippen LogP contribution >= 0.6 is 23.4 Å². The first-order valence-electron chi connectivity index (χ1n) is 9.44. The van der Waals surface area contributed by atoms with E-state index in [1.807, 2.05) is 48.7 Å². The second-order valence-corrected chi connectivity index (χ2v) is 8.33. The monoisotopic (exact) mass is 441 g/mol. The van der Waals surface area contributed by atoms with Crippen LogP contribution in [0.1, 0.15) is 11.1 Å². The standard InChI is InChI=1S/C21H20ClN5O2S/c1-13-7-8-14(2)17(11-13)27-19(15-5-3-4-6-16(15)22)24-25-21(27)30-12-18(28)26-10-9-23-20(26)29/h3-8,11H,9-10,12H2,1-2H3,(H,23,29). The number of aryl methyl sites for hydroxylation is 2. The molecule has 1 saturated heterocycles. The highest BCUT2D eigenvalue weighted by atomic mass is 35.5. The molecule has 0 aliphatic carbocycles. The van der Waals surface area contributed by atoms with Crippen LogP contribution in [0.5, 0.6) is 0 Å². The highest BCUT2D eigenvalue weighted by Crippen LogP contribution is 2.33. The number of carbonyl (C=O) groups is 2. The molecule has 0 saturated carbocycles. The third-order valence-corrected chi connectivity index (χ3v) is 6.08. The molecule has 1 aliphatic heterocycles. The van der Waals surface area contributed by atoms with Crippen molar-refractivity contribution in [3.05, 3.63) is 58.6 Å². The van der Waals surface area contributed by atoms with Crippen LogP contribution in [-0.4, -0.2) is 50.4 Å². The quantitative estimate of drug-likeness (QED) is 0.608. The third kappa shape index (κ3) is 3.93. The molecule has 0 bridgehead atoms. The van der Waals surface area contributed by atoms with Gasteiger partial charge in [-0.25, -0.2) is 4.79 Å². The molecule has 9 heteroatoms. The van der Waals surface area contributed by atoms with Crippen LogP contribution in [0.4, 0.5) is 4.79 Å². The zero-order valence-electron chi connectivity index (χ0n) is 16.6. The van der Waals surface area contributed by atoms with Gasteiger partial charge in [0.05, 0.1) is 16.5 Å². The summed E-state index contributed by atoms with van der Waals surface area (Å²) in [6, 6.07) is 13.2. The molecule has 0 unspecified atom stereocenters. The van der Waals surface area contributed by atoms with Crippen molar-refractivity contribution in [1.82, 2.24) is 25.0 Å². The molecule has 2 aromatic carbocycles. The molecule has 0 radical (unpaired) electrons. The number of halogens is 1. The number of hydrogen-bond acceptors (Lipinski definition) is 5. The Morgan fingerprint density at radius 2 is 2.00 bits per heavy atom. The van der Waals surface area contributed by atoms with Gasteiger partial charge in [0.15, 0.2) is 11.0 Å². The van der Waals surface area contributed by atoms with Crippen LogP contribution in [0.2, 0.25) is 5.02 Å². The lowest BCUT2D eigenvalue weighted by molar-refractivity contribution is -0.124. The number of amides is 3. The van der Waals surface area contributed by atoms with Gasteiger partial charge in [-0.3, -0.25) is 14.3 Å². The second-order valence-electron chi connectivity index (χ2n) is 6.98. The molecule has 1 N–H and O–H groups in total. The van der Waals surface area contributed by atoms with E-state index in [0.29, 0.717) is 29.1 Å². The molecule has 0 spiro atoms. The number of imide groups is 1. The van der Waals surface area contributed by atoms with E-state index in [9.17, 15) is 9.59 Å². The average Bonchev–Trinajstić information content (AvgIpc) is 3.34. The molecule has 0 atom stereocenters. The number of rotatable bonds is 5. The van der Waals surface area contributed by atoms with E-state index in [2.05, 4.69) is 21.6 Å². The summed E-state index contributed by atoms with van der Waals surface area (Å²) in [5, 5.41) is 12.5. The molecule has 1 aliphatic rings. The summed E-state index contributed by atoms with van der Waals surface area (Å²) in [5.74, 6) is 0.423. The van der Waals surface area contributed by atoms with Gasteiger partial charge in [-0.15, -0.1) is 10.2 Å². The Morgan fingerprint density at radius 3 is 2.73 bits per heavy atom. The summed E-state index contributed by atoms with van der Waals surface area (Å²) in [6.07, 6.45) is 0. The van der Waals surface area contributed by atoms with Gasteiger partial charge < -0.3 is 5.32 Å². The van der Waals surface area contributed by atoms with Crippen molar-refractivity contribution >= 4 is 35.3 Å². The molecule has 3 amide bonds. The van der Waals surface area contributed by atoms with Gasteiger partial charge in [0.1, 0.15) is 0 Å². The van der Waals surface area contributed by atoms with Crippen LogP contribution in [-0.2, 0) is 4.79 Å². The minimum absolute atomic E-state index is 0.0823. The Morgan fingerprint density at radius 1 is 1.20 bits per heavy atom. The third-order valence-electron chi connectivity index (χ3n) is 4.84. The van der Waals surface area contributed by atoms with Gasteiger partial charge in [-0.05, 0) is 43.2 Å². The van der Waals surface area contributed by atoms with E-state index in [4.69, 9.17) is 11.6 Å². The first-order chi connectivity index (χ1) is 14.5. The van der Waals surface area contributed by atoms with Crippen molar-refractivity contribution in [3.63, 3.8) is 0 Å². The smallest absolute Gasteiger partial charge is 0.324 e. The first-order valence-corrected chi connectivity index (χ1v) is 10.8. The van der Waals surface area contributed by atoms with Gasteiger partial charge in [0, 0.05) is 18.7 Å². The van der Waals surface area contributed by atoms with Gasteiger partial charge in [-0.1, -0.05) is 47.6 Å². The van der Waals surface area contributed by atoms with E-state index >= 15 is 0 Å². The van der Waals surface area contributed by atoms with Crippen LogP contribution in [0.25, 0.3) is 17.1 Å². The number of benzene rings is 2. The Hall–Kier alpha value is -2.84. The van der Waals surface area contributed by atoms with Crippen molar-refractivity contribution in [2.45, 2.75) is 19.0 Å². The Bertz CT molecular complexity index is 1130. The Kier molecular flexibility index (Phi) is 5.78. The fourth-order valence-electron chi connectivity index (χ4n) is 3.27. The molecule has 2 heterocycles. The van der Waals surface area contributed by atoms with Gasteiger partial charge in [-0.2, -0.15) is 0 Å². The van der Waals surface area contributed by atoms with Crippen LogP contribution < -0.4 is 5.32 Å². The highest BCUT2D eigenvalue weighted by Gasteiger charge is 2.27. The first kappa shape index (κ1) is 20.4. The fraction of sp³-hybridized carbons (Fsp3) is 0.238. The number of nitrogens with zero attached hydrogens (tertiary/aromatic N) is 4. The minimum atomic E-state index is -0.353. The van der Waals surface area contributed by atoms with E-state index in [1.165, 1.54) is 16.7 Å². The summed E-state index contributed by atoms with van der Waals surface area (Å²) in [5.41, 5.74) is 3.81. The maximum atomic E-state index is 12.5. The number of urea groups is 1. The average molecular weight is 442 g/mol. The summed E-state index contributed by atoms with van der Waals surface area (Å²) in [6.45, 7) is 4.89. The molecular weight excluding hydrogens is 422 g/mol. The molecule has 154 valence electrons. The molecule has 3 aromatic rings. The summed E-state index contributed by atoms with van der Waals surface area (Å²) >= 11 is 7.68. The molecule has 30 heavy (non-hydrogen) atoms. The van der Waals surface area contributed by atoms with E-state index < -0.39 is 0 Å².